The summed E-state index contributed by atoms with van der Waals surface area (Å²) < 4.78 is 33.6. The second kappa shape index (κ2) is 7.46. The number of carbonyl (C=O) groups is 1. The second-order valence-corrected chi connectivity index (χ2v) is 7.87. The Labute approximate surface area is 150 Å². The Balaban J connectivity index is 2.37. The fourth-order valence-electron chi connectivity index (χ4n) is 2.32. The van der Waals surface area contributed by atoms with Crippen LogP contribution in [0.1, 0.15) is 34.5 Å². The van der Waals surface area contributed by atoms with E-state index in [2.05, 4.69) is 25.4 Å². The van der Waals surface area contributed by atoms with Gasteiger partial charge in [-0.25, -0.2) is 17.9 Å². The average molecular weight is 412 g/mol. The SMILES string of the molecule is COC(=O)c1ccc(C)c(S(=O)(=O)NC(C)c2ccccc2Br)c1. The lowest BCUT2D eigenvalue weighted by atomic mass is 10.1. The first kappa shape index (κ1) is 18.6. The van der Waals surface area contributed by atoms with Crippen LogP contribution in [0.2, 0.25) is 0 Å². The van der Waals surface area contributed by atoms with E-state index in [9.17, 15) is 13.2 Å². The molecule has 24 heavy (non-hydrogen) atoms. The zero-order valence-electron chi connectivity index (χ0n) is 13.5. The van der Waals surface area contributed by atoms with Crippen LogP contribution in [-0.4, -0.2) is 21.5 Å². The molecule has 2 aromatic rings. The Morgan fingerprint density at radius 3 is 2.50 bits per heavy atom. The smallest absolute Gasteiger partial charge is 0.337 e. The fraction of sp³-hybridized carbons (Fsp3) is 0.235. The van der Waals surface area contributed by atoms with Crippen molar-refractivity contribution in [1.82, 2.24) is 4.72 Å². The molecule has 128 valence electrons. The van der Waals surface area contributed by atoms with E-state index in [4.69, 9.17) is 0 Å². The topological polar surface area (TPSA) is 72.5 Å². The van der Waals surface area contributed by atoms with Gasteiger partial charge in [-0.3, -0.25) is 0 Å². The summed E-state index contributed by atoms with van der Waals surface area (Å²) in [4.78, 5) is 11.7. The van der Waals surface area contributed by atoms with Crippen LogP contribution in [0.5, 0.6) is 0 Å². The van der Waals surface area contributed by atoms with Crippen LogP contribution >= 0.6 is 15.9 Å². The standard InChI is InChI=1S/C17H18BrNO4S/c1-11-8-9-13(17(20)23-3)10-16(11)24(21,22)19-12(2)14-6-4-5-7-15(14)18/h4-10,12,19H,1-3H3. The van der Waals surface area contributed by atoms with Crippen LogP contribution in [0, 0.1) is 6.92 Å². The highest BCUT2D eigenvalue weighted by molar-refractivity contribution is 9.10. The van der Waals surface area contributed by atoms with Gasteiger partial charge in [0.25, 0.3) is 0 Å². The first-order chi connectivity index (χ1) is 11.3. The lowest BCUT2D eigenvalue weighted by Gasteiger charge is -2.17. The van der Waals surface area contributed by atoms with Crippen LogP contribution in [0.3, 0.4) is 0 Å². The van der Waals surface area contributed by atoms with E-state index in [1.807, 2.05) is 24.3 Å². The van der Waals surface area contributed by atoms with E-state index in [0.717, 1.165) is 10.0 Å². The number of halogens is 1. The van der Waals surface area contributed by atoms with E-state index >= 15 is 0 Å². The molecule has 7 heteroatoms. The van der Waals surface area contributed by atoms with E-state index < -0.39 is 22.0 Å². The maximum absolute atomic E-state index is 12.7. The van der Waals surface area contributed by atoms with E-state index in [-0.39, 0.29) is 10.5 Å². The monoisotopic (exact) mass is 411 g/mol. The fourth-order valence-corrected chi connectivity index (χ4v) is 4.44. The number of esters is 1. The molecule has 2 aromatic carbocycles. The van der Waals surface area contributed by atoms with Crippen LogP contribution in [-0.2, 0) is 14.8 Å². The van der Waals surface area contributed by atoms with Gasteiger partial charge in [0.2, 0.25) is 10.0 Å². The molecule has 2 rings (SSSR count). The highest BCUT2D eigenvalue weighted by Crippen LogP contribution is 2.25. The molecule has 0 aliphatic rings. The highest BCUT2D eigenvalue weighted by Gasteiger charge is 2.23. The van der Waals surface area contributed by atoms with Crippen LogP contribution in [0.4, 0.5) is 0 Å². The maximum Gasteiger partial charge on any atom is 0.337 e. The summed E-state index contributed by atoms with van der Waals surface area (Å²) in [5.74, 6) is -0.578. The van der Waals surface area contributed by atoms with Crippen molar-refractivity contribution in [3.05, 3.63) is 63.6 Å². The third kappa shape index (κ3) is 4.03. The molecule has 0 aromatic heterocycles. The Bertz CT molecular complexity index is 865. The van der Waals surface area contributed by atoms with Gasteiger partial charge in [0.15, 0.2) is 0 Å². The average Bonchev–Trinajstić information content (AvgIpc) is 2.54. The molecule has 5 nitrogen and oxygen atoms in total. The van der Waals surface area contributed by atoms with Gasteiger partial charge in [-0.2, -0.15) is 0 Å². The molecule has 0 heterocycles. The molecule has 0 aliphatic carbocycles. The summed E-state index contributed by atoms with van der Waals surface area (Å²) in [6.07, 6.45) is 0. The van der Waals surface area contributed by atoms with Gasteiger partial charge in [-0.15, -0.1) is 0 Å². The van der Waals surface area contributed by atoms with Crippen LogP contribution in [0.25, 0.3) is 0 Å². The number of carbonyl (C=O) groups excluding carboxylic acids is 1. The van der Waals surface area contributed by atoms with Crippen molar-refractivity contribution in [2.45, 2.75) is 24.8 Å². The zero-order chi connectivity index (χ0) is 17.9. The number of rotatable bonds is 5. The molecule has 0 fully saturated rings. The number of aryl methyl sites for hydroxylation is 1. The van der Waals surface area contributed by atoms with Gasteiger partial charge >= 0.3 is 5.97 Å². The predicted molar refractivity (Wildman–Crippen MR) is 95.4 cm³/mol. The lowest BCUT2D eigenvalue weighted by Crippen LogP contribution is -2.28. The summed E-state index contributed by atoms with van der Waals surface area (Å²) in [6, 6.07) is 11.4. The Morgan fingerprint density at radius 1 is 1.21 bits per heavy atom. The van der Waals surface area contributed by atoms with Gasteiger partial charge in [0.1, 0.15) is 0 Å². The van der Waals surface area contributed by atoms with E-state index in [0.29, 0.717) is 5.56 Å². The molecule has 1 unspecified atom stereocenters. The number of nitrogens with one attached hydrogen (secondary N) is 1. The molecular weight excluding hydrogens is 394 g/mol. The summed E-state index contributed by atoms with van der Waals surface area (Å²) in [7, 11) is -2.54. The van der Waals surface area contributed by atoms with Crippen LogP contribution in [0.15, 0.2) is 51.8 Å². The van der Waals surface area contributed by atoms with Crippen molar-refractivity contribution in [2.75, 3.05) is 7.11 Å². The molecule has 1 N–H and O–H groups in total. The van der Waals surface area contributed by atoms with Gasteiger partial charge in [0, 0.05) is 10.5 Å². The number of benzene rings is 2. The minimum Gasteiger partial charge on any atom is -0.465 e. The largest absolute Gasteiger partial charge is 0.465 e. The van der Waals surface area contributed by atoms with Gasteiger partial charge in [-0.1, -0.05) is 40.2 Å². The van der Waals surface area contributed by atoms with E-state index in [1.54, 1.807) is 19.9 Å². The zero-order valence-corrected chi connectivity index (χ0v) is 15.9. The number of methoxy groups -OCH3 is 1. The first-order valence-corrected chi connectivity index (χ1v) is 9.49. The first-order valence-electron chi connectivity index (χ1n) is 7.22. The van der Waals surface area contributed by atoms with Crippen molar-refractivity contribution < 1.29 is 17.9 Å². The summed E-state index contributed by atoms with van der Waals surface area (Å²) in [5.41, 5.74) is 1.56. The van der Waals surface area contributed by atoms with Crippen molar-refractivity contribution >= 4 is 31.9 Å². The molecule has 0 radical (unpaired) electrons. The van der Waals surface area contributed by atoms with Crippen molar-refractivity contribution in [3.8, 4) is 0 Å². The number of hydrogen-bond donors (Lipinski definition) is 1. The van der Waals surface area contributed by atoms with Gasteiger partial charge in [-0.05, 0) is 43.2 Å². The summed E-state index contributed by atoms with van der Waals surface area (Å²) in [5, 5.41) is 0. The molecule has 0 saturated carbocycles. The lowest BCUT2D eigenvalue weighted by molar-refractivity contribution is 0.0600. The highest BCUT2D eigenvalue weighted by atomic mass is 79.9. The van der Waals surface area contributed by atoms with Crippen LogP contribution < -0.4 is 4.72 Å². The van der Waals surface area contributed by atoms with Gasteiger partial charge < -0.3 is 4.74 Å². The molecule has 1 atom stereocenters. The summed E-state index contributed by atoms with van der Waals surface area (Å²) in [6.45, 7) is 3.44. The number of ether oxygens (including phenoxy) is 1. The maximum atomic E-state index is 12.7. The normalized spacial score (nSPS) is 12.7. The third-order valence-corrected chi connectivity index (χ3v) is 6.01. The minimum atomic E-state index is -3.80. The summed E-state index contributed by atoms with van der Waals surface area (Å²) >= 11 is 3.42. The Kier molecular flexibility index (Phi) is 5.79. The molecule has 0 spiro atoms. The molecule has 0 amide bonds. The molecule has 0 bridgehead atoms. The van der Waals surface area contributed by atoms with Crippen molar-refractivity contribution in [1.29, 1.82) is 0 Å². The Hall–Kier alpha value is -1.70. The molecule has 0 aliphatic heterocycles. The quantitative estimate of drug-likeness (QED) is 0.762. The minimum absolute atomic E-state index is 0.0595. The van der Waals surface area contributed by atoms with Gasteiger partial charge in [0.05, 0.1) is 17.6 Å². The Morgan fingerprint density at radius 2 is 1.88 bits per heavy atom. The predicted octanol–water partition coefficient (Wildman–Crippen LogP) is 3.58. The second-order valence-electron chi connectivity index (χ2n) is 5.34. The third-order valence-electron chi connectivity index (χ3n) is 3.60. The number of hydrogen-bond acceptors (Lipinski definition) is 4. The van der Waals surface area contributed by atoms with E-state index in [1.165, 1.54) is 19.2 Å². The van der Waals surface area contributed by atoms with Crippen molar-refractivity contribution in [2.24, 2.45) is 0 Å². The molecular formula is C17H18BrNO4S. The van der Waals surface area contributed by atoms with Crippen molar-refractivity contribution in [3.63, 3.8) is 0 Å². The molecule has 0 saturated heterocycles. The number of sulfonamides is 1.